The van der Waals surface area contributed by atoms with Gasteiger partial charge < -0.3 is 9.47 Å². The SMILES string of the molecule is Brc1ccn2ncc(-c3ccc(OCc4ccccc4)nc3OCc3ccccc3)c2c1. The van der Waals surface area contributed by atoms with Crippen molar-refractivity contribution >= 4 is 21.4 Å². The molecule has 0 amide bonds. The first-order chi connectivity index (χ1) is 15.8. The van der Waals surface area contributed by atoms with Gasteiger partial charge in [0, 0.05) is 27.9 Å². The van der Waals surface area contributed by atoms with Crippen LogP contribution in [-0.2, 0) is 13.2 Å². The predicted octanol–water partition coefficient (Wildman–Crippen LogP) is 6.32. The van der Waals surface area contributed by atoms with E-state index in [1.165, 1.54) is 0 Å². The molecule has 0 N–H and O–H groups in total. The quantitative estimate of drug-likeness (QED) is 0.270. The van der Waals surface area contributed by atoms with Crippen molar-refractivity contribution in [1.29, 1.82) is 0 Å². The summed E-state index contributed by atoms with van der Waals surface area (Å²) in [5.74, 6) is 1.02. The van der Waals surface area contributed by atoms with E-state index >= 15 is 0 Å². The second-order valence-electron chi connectivity index (χ2n) is 7.28. The second-order valence-corrected chi connectivity index (χ2v) is 8.20. The van der Waals surface area contributed by atoms with E-state index in [-0.39, 0.29) is 0 Å². The number of halogens is 1. The molecule has 3 aromatic heterocycles. The number of rotatable bonds is 7. The number of aromatic nitrogens is 3. The van der Waals surface area contributed by atoms with Gasteiger partial charge in [0.2, 0.25) is 11.8 Å². The molecule has 0 fully saturated rings. The van der Waals surface area contributed by atoms with E-state index in [0.717, 1.165) is 32.2 Å². The minimum Gasteiger partial charge on any atom is -0.473 e. The van der Waals surface area contributed by atoms with Gasteiger partial charge in [0.05, 0.1) is 11.7 Å². The van der Waals surface area contributed by atoms with Gasteiger partial charge in [-0.05, 0) is 29.3 Å². The molecule has 0 saturated carbocycles. The maximum absolute atomic E-state index is 6.18. The molecule has 6 heteroatoms. The highest BCUT2D eigenvalue weighted by Gasteiger charge is 2.15. The maximum atomic E-state index is 6.18. The van der Waals surface area contributed by atoms with Gasteiger partial charge in [-0.25, -0.2) is 4.52 Å². The largest absolute Gasteiger partial charge is 0.473 e. The Morgan fingerprint density at radius 3 is 2.16 bits per heavy atom. The summed E-state index contributed by atoms with van der Waals surface area (Å²) in [6.45, 7) is 0.848. The molecule has 0 aliphatic heterocycles. The zero-order valence-corrected chi connectivity index (χ0v) is 18.8. The summed E-state index contributed by atoms with van der Waals surface area (Å²) in [5, 5.41) is 4.48. The molecular weight excluding hydrogens is 466 g/mol. The Labute approximate surface area is 194 Å². The summed E-state index contributed by atoms with van der Waals surface area (Å²) in [6.07, 6.45) is 3.75. The highest BCUT2D eigenvalue weighted by Crippen LogP contribution is 2.34. The molecule has 0 aliphatic carbocycles. The molecule has 0 aliphatic rings. The first-order valence-corrected chi connectivity index (χ1v) is 11.0. The van der Waals surface area contributed by atoms with Crippen molar-refractivity contribution in [2.75, 3.05) is 0 Å². The lowest BCUT2D eigenvalue weighted by atomic mass is 10.1. The van der Waals surface area contributed by atoms with Gasteiger partial charge in [-0.2, -0.15) is 10.1 Å². The third kappa shape index (κ3) is 4.50. The number of hydrogen-bond acceptors (Lipinski definition) is 4. The Morgan fingerprint density at radius 1 is 0.750 bits per heavy atom. The van der Waals surface area contributed by atoms with Crippen LogP contribution in [0.2, 0.25) is 0 Å². The van der Waals surface area contributed by atoms with Gasteiger partial charge >= 0.3 is 0 Å². The lowest BCUT2D eigenvalue weighted by molar-refractivity contribution is 0.268. The van der Waals surface area contributed by atoms with Crippen molar-refractivity contribution in [3.05, 3.63) is 113 Å². The topological polar surface area (TPSA) is 48.7 Å². The Balaban J connectivity index is 1.48. The van der Waals surface area contributed by atoms with Crippen molar-refractivity contribution in [3.63, 3.8) is 0 Å². The fourth-order valence-electron chi connectivity index (χ4n) is 3.44. The van der Waals surface area contributed by atoms with Gasteiger partial charge in [-0.1, -0.05) is 76.6 Å². The Hall–Kier alpha value is -3.64. The van der Waals surface area contributed by atoms with E-state index in [2.05, 4.69) is 21.0 Å². The van der Waals surface area contributed by atoms with Crippen LogP contribution in [0.4, 0.5) is 0 Å². The highest BCUT2D eigenvalue weighted by molar-refractivity contribution is 9.10. The average Bonchev–Trinajstić information content (AvgIpc) is 3.25. The summed E-state index contributed by atoms with van der Waals surface area (Å²) in [4.78, 5) is 4.69. The van der Waals surface area contributed by atoms with Crippen molar-refractivity contribution in [2.45, 2.75) is 13.2 Å². The monoisotopic (exact) mass is 485 g/mol. The maximum Gasteiger partial charge on any atom is 0.225 e. The highest BCUT2D eigenvalue weighted by atomic mass is 79.9. The summed E-state index contributed by atoms with van der Waals surface area (Å²) < 4.78 is 14.9. The summed E-state index contributed by atoms with van der Waals surface area (Å²) in [7, 11) is 0. The fraction of sp³-hybridized carbons (Fsp3) is 0.0769. The van der Waals surface area contributed by atoms with E-state index < -0.39 is 0 Å². The first kappa shape index (κ1) is 20.3. The smallest absolute Gasteiger partial charge is 0.225 e. The van der Waals surface area contributed by atoms with Gasteiger partial charge in [0.25, 0.3) is 0 Å². The number of benzene rings is 2. The molecule has 158 valence electrons. The lowest BCUT2D eigenvalue weighted by Crippen LogP contribution is -2.02. The van der Waals surface area contributed by atoms with Crippen LogP contribution in [-0.4, -0.2) is 14.6 Å². The first-order valence-electron chi connectivity index (χ1n) is 10.2. The van der Waals surface area contributed by atoms with Crippen LogP contribution in [0, 0.1) is 0 Å². The van der Waals surface area contributed by atoms with Crippen molar-refractivity contribution < 1.29 is 9.47 Å². The van der Waals surface area contributed by atoms with Crippen molar-refractivity contribution in [3.8, 4) is 22.9 Å². The van der Waals surface area contributed by atoms with Crippen LogP contribution in [0.25, 0.3) is 16.6 Å². The molecule has 0 atom stereocenters. The molecule has 0 bridgehead atoms. The Bertz CT molecular complexity index is 1340. The van der Waals surface area contributed by atoms with E-state index in [1.807, 2.05) is 102 Å². The molecule has 3 heterocycles. The minimum atomic E-state index is 0.409. The zero-order chi connectivity index (χ0) is 21.8. The van der Waals surface area contributed by atoms with Crippen LogP contribution >= 0.6 is 15.9 Å². The van der Waals surface area contributed by atoms with Crippen molar-refractivity contribution in [1.82, 2.24) is 14.6 Å². The molecule has 0 spiro atoms. The van der Waals surface area contributed by atoms with Crippen LogP contribution in [0.1, 0.15) is 11.1 Å². The van der Waals surface area contributed by atoms with Gasteiger partial charge in [0.1, 0.15) is 13.2 Å². The number of nitrogens with zero attached hydrogens (tertiary/aromatic N) is 3. The van der Waals surface area contributed by atoms with Crippen LogP contribution in [0.3, 0.4) is 0 Å². The lowest BCUT2D eigenvalue weighted by Gasteiger charge is -2.13. The number of pyridine rings is 2. The number of hydrogen-bond donors (Lipinski definition) is 0. The van der Waals surface area contributed by atoms with Crippen LogP contribution in [0.15, 0.2) is 102 Å². The predicted molar refractivity (Wildman–Crippen MR) is 128 cm³/mol. The summed E-state index contributed by atoms with van der Waals surface area (Å²) >= 11 is 3.55. The molecular formula is C26H20BrN3O2. The molecule has 5 rings (SSSR count). The molecule has 5 nitrogen and oxygen atoms in total. The third-order valence-electron chi connectivity index (χ3n) is 5.06. The minimum absolute atomic E-state index is 0.409. The number of fused-ring (bicyclic) bond motifs is 1. The van der Waals surface area contributed by atoms with Gasteiger partial charge in [-0.3, -0.25) is 0 Å². The normalized spacial score (nSPS) is 10.9. The molecule has 0 saturated heterocycles. The molecule has 5 aromatic rings. The van der Waals surface area contributed by atoms with E-state index in [0.29, 0.717) is 25.0 Å². The zero-order valence-electron chi connectivity index (χ0n) is 17.2. The molecule has 2 aromatic carbocycles. The molecule has 0 unspecified atom stereocenters. The van der Waals surface area contributed by atoms with E-state index in [4.69, 9.17) is 14.5 Å². The van der Waals surface area contributed by atoms with E-state index in [9.17, 15) is 0 Å². The molecule has 32 heavy (non-hydrogen) atoms. The fourth-order valence-corrected chi connectivity index (χ4v) is 3.77. The molecule has 0 radical (unpaired) electrons. The Kier molecular flexibility index (Phi) is 5.85. The van der Waals surface area contributed by atoms with Gasteiger partial charge in [-0.15, -0.1) is 0 Å². The average molecular weight is 486 g/mol. The van der Waals surface area contributed by atoms with Crippen LogP contribution < -0.4 is 9.47 Å². The second kappa shape index (κ2) is 9.24. The van der Waals surface area contributed by atoms with Crippen LogP contribution in [0.5, 0.6) is 11.8 Å². The third-order valence-corrected chi connectivity index (χ3v) is 5.55. The van der Waals surface area contributed by atoms with Gasteiger partial charge in [0.15, 0.2) is 0 Å². The Morgan fingerprint density at radius 2 is 1.44 bits per heavy atom. The standard InChI is InChI=1S/C26H20BrN3O2/c27-21-13-14-30-24(15-21)23(16-28-30)22-11-12-25(31-17-19-7-3-1-4-8-19)29-26(22)32-18-20-9-5-2-6-10-20/h1-16H,17-18H2. The summed E-state index contributed by atoms with van der Waals surface area (Å²) in [6, 6.07) is 27.9. The van der Waals surface area contributed by atoms with E-state index in [1.54, 1.807) is 0 Å². The number of ether oxygens (including phenoxy) is 2. The van der Waals surface area contributed by atoms with Crippen molar-refractivity contribution in [2.24, 2.45) is 0 Å². The summed E-state index contributed by atoms with van der Waals surface area (Å²) in [5.41, 5.74) is 4.91.